The molecule has 4 fully saturated rings. The second kappa shape index (κ2) is 32.9. The third-order valence-electron chi connectivity index (χ3n) is 18.4. The number of ether oxygens (including phenoxy) is 11. The first kappa shape index (κ1) is 76.9. The first-order valence-electron chi connectivity index (χ1n) is 33.5. The molecular formula is C71H89N5O27. The van der Waals surface area contributed by atoms with Crippen LogP contribution < -0.4 is 43.5 Å². The second-order valence-corrected chi connectivity index (χ2v) is 27.1. The van der Waals surface area contributed by atoms with Gasteiger partial charge in [0, 0.05) is 45.3 Å². The quantitative estimate of drug-likeness (QED) is 0.0244. The number of aliphatic hydroxyl groups excluding tert-OH is 10. The van der Waals surface area contributed by atoms with Crippen molar-refractivity contribution in [1.29, 1.82) is 0 Å². The molecule has 0 saturated carbocycles. The van der Waals surface area contributed by atoms with Crippen LogP contribution in [0.5, 0.6) is 34.5 Å². The normalized spacial score (nSPS) is 26.1. The SMILES string of the molecule is C=C1C[C@H]2C(O)N(C(=O)OCc3ccc(O[C@@H]4O[C@H](CO)[C@H](O)[C@H](O)[C@H]4O)c(C(=O)CC(C)(C)C)c3)c3cc(OCCCCCOc4cc5c(cc4OC)C(=O)N4CC(=C)C[C@H]4C(O)N5C(=O)OCc4ccc(O[C@@H]5O[C@H](CO)[C@H](O)[C@H](O)[C@H]5O)c(C(=O)NCCOC)c4)c(OC)cc3C(=O)N2C1. The minimum absolute atomic E-state index is 0.00514. The molecule has 14 atom stereocenters. The lowest BCUT2D eigenvalue weighted by Gasteiger charge is -2.39. The van der Waals surface area contributed by atoms with Gasteiger partial charge in [0.05, 0.1) is 93.0 Å². The Morgan fingerprint density at radius 1 is 0.553 bits per heavy atom. The van der Waals surface area contributed by atoms with E-state index < -0.39 is 153 Å². The third kappa shape index (κ3) is 16.8. The average Bonchev–Trinajstić information content (AvgIpc) is 1.62. The summed E-state index contributed by atoms with van der Waals surface area (Å²) in [5.74, 6) is -1.99. The highest BCUT2D eigenvalue weighted by Gasteiger charge is 2.50. The molecule has 4 aromatic rings. The Labute approximate surface area is 592 Å². The maximum Gasteiger partial charge on any atom is 0.416 e. The number of fused-ring (bicyclic) bond motifs is 4. The summed E-state index contributed by atoms with van der Waals surface area (Å²) in [4.78, 5) is 90.2. The lowest BCUT2D eigenvalue weighted by Crippen LogP contribution is -2.60. The second-order valence-electron chi connectivity index (χ2n) is 27.1. The van der Waals surface area contributed by atoms with Crippen LogP contribution in [0.1, 0.15) is 112 Å². The smallest absolute Gasteiger partial charge is 0.416 e. The number of hydrogen-bond acceptors (Lipinski definition) is 27. The highest BCUT2D eigenvalue weighted by Crippen LogP contribution is 2.45. The standard InChI is InChI=1S/C71H89N5O27/c1-35-20-45-65(89)75(69(91)98-33-37-12-14-48(41(22-37)47(79)28-71(3,4)5)100-67-60(84)58(82)56(80)54(31-77)102-67)43-26-52(50(94-7)24-39(43)63(87)73(45)29-35)96-17-10-9-11-18-97-53-27-44-40(25-51(53)95-8)64(88)74-30-36(2)21-46(74)66(90)76(44)70(92)99-34-38-13-15-49(42(23-38)62(86)72-16-19-93-6)101-68-61(85)59(83)57(81)55(32-78)103-68/h12-15,22-27,45-46,54-61,65-68,77-78,80-85,89-90H,1-2,9-11,16-21,28-34H2,3-8H3,(H,72,86)/t45-,46-,54+,55+,56-,57-,58-,59-,60+,61+,65?,66?,67+,68+/m0/s1. The molecule has 2 unspecified atom stereocenters. The van der Waals surface area contributed by atoms with Crippen LogP contribution in [0.4, 0.5) is 21.0 Å². The topological polar surface area (TPSA) is 431 Å². The zero-order chi connectivity index (χ0) is 74.5. The molecular weight excluding hydrogens is 1350 g/mol. The summed E-state index contributed by atoms with van der Waals surface area (Å²) in [6.07, 6.45) is -20.3. The van der Waals surface area contributed by atoms with Crippen LogP contribution in [-0.2, 0) is 36.9 Å². The molecule has 560 valence electrons. The van der Waals surface area contributed by atoms with Crippen molar-refractivity contribution in [2.24, 2.45) is 5.41 Å². The van der Waals surface area contributed by atoms with Crippen molar-refractivity contribution >= 4 is 47.1 Å². The van der Waals surface area contributed by atoms with E-state index in [4.69, 9.17) is 52.1 Å². The minimum Gasteiger partial charge on any atom is -0.493 e. The zero-order valence-corrected chi connectivity index (χ0v) is 57.8. The molecule has 0 radical (unpaired) electrons. The van der Waals surface area contributed by atoms with Crippen LogP contribution in [0, 0.1) is 5.41 Å². The molecule has 0 aliphatic carbocycles. The Morgan fingerprint density at radius 2 is 0.990 bits per heavy atom. The largest absolute Gasteiger partial charge is 0.493 e. The molecule has 32 heteroatoms. The van der Waals surface area contributed by atoms with Crippen LogP contribution in [-0.4, -0.2) is 257 Å². The molecule has 0 spiro atoms. The summed E-state index contributed by atoms with van der Waals surface area (Å²) in [6, 6.07) is 12.0. The van der Waals surface area contributed by atoms with Crippen LogP contribution in [0.25, 0.3) is 0 Å². The molecule has 0 bridgehead atoms. The molecule has 0 aromatic heterocycles. The maximum atomic E-state index is 14.6. The first-order chi connectivity index (χ1) is 49.1. The molecule has 10 rings (SSSR count). The van der Waals surface area contributed by atoms with Crippen molar-refractivity contribution in [3.05, 3.63) is 118 Å². The molecule has 4 saturated heterocycles. The number of anilines is 2. The molecule has 4 aromatic carbocycles. The monoisotopic (exact) mass is 1440 g/mol. The molecule has 6 heterocycles. The van der Waals surface area contributed by atoms with E-state index in [2.05, 4.69) is 18.5 Å². The molecule has 11 N–H and O–H groups in total. The summed E-state index contributed by atoms with van der Waals surface area (Å²) in [6.45, 7) is 11.6. The number of benzene rings is 4. The zero-order valence-electron chi connectivity index (χ0n) is 57.8. The lowest BCUT2D eigenvalue weighted by atomic mass is 9.87. The number of ketones is 1. The Balaban J connectivity index is 0.823. The van der Waals surface area contributed by atoms with E-state index in [0.717, 1.165) is 9.80 Å². The van der Waals surface area contributed by atoms with Crippen LogP contribution in [0.2, 0.25) is 0 Å². The van der Waals surface area contributed by atoms with Gasteiger partial charge >= 0.3 is 12.2 Å². The van der Waals surface area contributed by atoms with E-state index in [-0.39, 0.29) is 138 Å². The highest BCUT2D eigenvalue weighted by molar-refractivity contribution is 6.07. The number of rotatable bonds is 26. The van der Waals surface area contributed by atoms with Crippen molar-refractivity contribution in [3.63, 3.8) is 0 Å². The summed E-state index contributed by atoms with van der Waals surface area (Å²) in [7, 11) is 4.17. The number of aliphatic hydroxyl groups is 10. The number of methoxy groups -OCH3 is 3. The van der Waals surface area contributed by atoms with Crippen molar-refractivity contribution < 1.29 is 132 Å². The van der Waals surface area contributed by atoms with Gasteiger partial charge in [0.1, 0.15) is 73.5 Å². The predicted molar refractivity (Wildman–Crippen MR) is 360 cm³/mol. The first-order valence-corrected chi connectivity index (χ1v) is 33.5. The van der Waals surface area contributed by atoms with Gasteiger partial charge in [0.15, 0.2) is 41.2 Å². The molecule has 32 nitrogen and oxygen atoms in total. The van der Waals surface area contributed by atoms with E-state index in [1.807, 2.05) is 20.8 Å². The van der Waals surface area contributed by atoms with Crippen LogP contribution >= 0.6 is 0 Å². The summed E-state index contributed by atoms with van der Waals surface area (Å²) >= 11 is 0. The van der Waals surface area contributed by atoms with Crippen molar-refractivity contribution in [1.82, 2.24) is 15.1 Å². The van der Waals surface area contributed by atoms with Crippen molar-refractivity contribution in [2.75, 3.05) is 83.8 Å². The van der Waals surface area contributed by atoms with E-state index in [0.29, 0.717) is 30.4 Å². The van der Waals surface area contributed by atoms with Gasteiger partial charge in [-0.3, -0.25) is 19.2 Å². The fourth-order valence-electron chi connectivity index (χ4n) is 13.0. The average molecular weight is 1440 g/mol. The lowest BCUT2D eigenvalue weighted by molar-refractivity contribution is -0.277. The Morgan fingerprint density at radius 3 is 1.41 bits per heavy atom. The molecule has 5 amide bonds. The number of carbonyl (C=O) groups is 6. The number of nitrogens with zero attached hydrogens (tertiary/aromatic N) is 4. The van der Waals surface area contributed by atoms with Gasteiger partial charge in [-0.2, -0.15) is 0 Å². The Kier molecular flexibility index (Phi) is 24.6. The maximum absolute atomic E-state index is 14.6. The van der Waals surface area contributed by atoms with E-state index in [1.54, 1.807) is 0 Å². The summed E-state index contributed by atoms with van der Waals surface area (Å²) in [5, 5.41) is 109. The highest BCUT2D eigenvalue weighted by atomic mass is 16.7. The predicted octanol–water partition coefficient (Wildman–Crippen LogP) is 2.18. The third-order valence-corrected chi connectivity index (χ3v) is 18.4. The summed E-state index contributed by atoms with van der Waals surface area (Å²) in [5.41, 5.74) is 0.881. The van der Waals surface area contributed by atoms with Gasteiger partial charge in [-0.05, 0) is 85.0 Å². The Bertz CT molecular complexity index is 3810. The number of amides is 5. The number of nitrogens with one attached hydrogen (secondary N) is 1. The van der Waals surface area contributed by atoms with E-state index >= 15 is 0 Å². The van der Waals surface area contributed by atoms with E-state index in [1.165, 1.54) is 91.8 Å². The molecule has 103 heavy (non-hydrogen) atoms. The molecule has 6 aliphatic heterocycles. The minimum atomic E-state index is -1.81. The fraction of sp³-hybridized carbons (Fsp3) is 0.521. The number of carbonyl (C=O) groups excluding carboxylic acids is 6. The van der Waals surface area contributed by atoms with Crippen LogP contribution in [0.15, 0.2) is 85.0 Å². The van der Waals surface area contributed by atoms with Crippen LogP contribution in [0.3, 0.4) is 0 Å². The Hall–Kier alpha value is -8.74. The van der Waals surface area contributed by atoms with Gasteiger partial charge in [-0.25, -0.2) is 19.4 Å². The van der Waals surface area contributed by atoms with Gasteiger partial charge < -0.3 is 118 Å². The summed E-state index contributed by atoms with van der Waals surface area (Å²) < 4.78 is 63.6. The fourth-order valence-corrected chi connectivity index (χ4v) is 13.0. The van der Waals surface area contributed by atoms with Gasteiger partial charge in [-0.1, -0.05) is 57.2 Å². The van der Waals surface area contributed by atoms with Gasteiger partial charge in [0.2, 0.25) is 12.6 Å². The van der Waals surface area contributed by atoms with E-state index in [9.17, 15) is 79.8 Å². The van der Waals surface area contributed by atoms with Gasteiger partial charge in [0.25, 0.3) is 17.7 Å². The van der Waals surface area contributed by atoms with Crippen molar-refractivity contribution in [2.45, 2.75) is 158 Å². The number of unbranched alkanes of at least 4 members (excludes halogenated alkanes) is 2. The van der Waals surface area contributed by atoms with Gasteiger partial charge in [-0.15, -0.1) is 0 Å². The molecule has 6 aliphatic rings. The number of Topliss-reactive ketones (excluding diaryl/α,β-unsaturated/α-hetero) is 1. The van der Waals surface area contributed by atoms with Crippen molar-refractivity contribution in [3.8, 4) is 34.5 Å². The number of hydrogen-bond donors (Lipinski definition) is 11.